The Morgan fingerprint density at radius 3 is 2.14 bits per heavy atom. The van der Waals surface area contributed by atoms with Crippen molar-refractivity contribution in [1.82, 2.24) is 14.8 Å². The van der Waals surface area contributed by atoms with Crippen molar-refractivity contribution in [2.75, 3.05) is 10.6 Å². The molecule has 0 fully saturated rings. The van der Waals surface area contributed by atoms with Crippen LogP contribution < -0.4 is 10.6 Å². The second-order valence-corrected chi connectivity index (χ2v) is 6.80. The quantitative estimate of drug-likeness (QED) is 0.543. The molecule has 0 radical (unpaired) electrons. The van der Waals surface area contributed by atoms with Gasteiger partial charge in [0.25, 0.3) is 11.8 Å². The highest BCUT2D eigenvalue weighted by Crippen LogP contribution is 2.16. The smallest absolute Gasteiger partial charge is 0.265 e. The maximum atomic E-state index is 12.4. The largest absolute Gasteiger partial charge is 0.322 e. The highest BCUT2D eigenvalue weighted by atomic mass is 32.1. The number of aromatic nitrogens is 3. The van der Waals surface area contributed by atoms with Crippen molar-refractivity contribution in [1.29, 1.82) is 0 Å². The number of carbonyl (C=O) groups excluding carboxylic acids is 2. The Bertz CT molecular complexity index is 1070. The minimum Gasteiger partial charge on any atom is -0.322 e. The molecule has 0 bridgehead atoms. The lowest BCUT2D eigenvalue weighted by Gasteiger charge is -2.08. The first-order valence-electron chi connectivity index (χ1n) is 8.40. The van der Waals surface area contributed by atoms with Gasteiger partial charge in [0.1, 0.15) is 12.7 Å². The van der Waals surface area contributed by atoms with Crippen molar-refractivity contribution in [3.05, 3.63) is 89.1 Å². The summed E-state index contributed by atoms with van der Waals surface area (Å²) < 4.78 is 1.63. The maximum Gasteiger partial charge on any atom is 0.265 e. The predicted molar refractivity (Wildman–Crippen MR) is 108 cm³/mol. The van der Waals surface area contributed by atoms with Gasteiger partial charge in [0.2, 0.25) is 0 Å². The van der Waals surface area contributed by atoms with Crippen molar-refractivity contribution < 1.29 is 9.59 Å². The Morgan fingerprint density at radius 2 is 1.54 bits per heavy atom. The van der Waals surface area contributed by atoms with Gasteiger partial charge in [-0.05, 0) is 60.0 Å². The molecule has 4 aromatic rings. The minimum atomic E-state index is -0.232. The van der Waals surface area contributed by atoms with Crippen molar-refractivity contribution in [2.24, 2.45) is 0 Å². The summed E-state index contributed by atoms with van der Waals surface area (Å²) in [5, 5.41) is 11.6. The molecule has 2 N–H and O–H groups in total. The summed E-state index contributed by atoms with van der Waals surface area (Å²) in [5.74, 6) is -0.399. The zero-order valence-corrected chi connectivity index (χ0v) is 15.4. The van der Waals surface area contributed by atoms with Gasteiger partial charge in [-0.2, -0.15) is 5.10 Å². The molecule has 0 unspecified atom stereocenters. The second kappa shape index (κ2) is 7.85. The van der Waals surface area contributed by atoms with Crippen LogP contribution >= 0.6 is 11.3 Å². The fraction of sp³-hybridized carbons (Fsp3) is 0. The maximum absolute atomic E-state index is 12.4. The van der Waals surface area contributed by atoms with Gasteiger partial charge >= 0.3 is 0 Å². The van der Waals surface area contributed by atoms with E-state index >= 15 is 0 Å². The number of rotatable bonds is 5. The van der Waals surface area contributed by atoms with E-state index in [2.05, 4.69) is 20.7 Å². The molecule has 7 nitrogen and oxygen atoms in total. The number of anilines is 2. The molecule has 8 heteroatoms. The fourth-order valence-electron chi connectivity index (χ4n) is 2.55. The van der Waals surface area contributed by atoms with Gasteiger partial charge in [0, 0.05) is 16.9 Å². The molecular formula is C20H15N5O2S. The third-order valence-corrected chi connectivity index (χ3v) is 4.83. The Balaban J connectivity index is 1.39. The molecule has 0 aliphatic carbocycles. The first-order chi connectivity index (χ1) is 13.7. The molecule has 4 rings (SSSR count). The monoisotopic (exact) mass is 389 g/mol. The average molecular weight is 389 g/mol. The Hall–Kier alpha value is -3.78. The lowest BCUT2D eigenvalue weighted by Crippen LogP contribution is -2.13. The number of amides is 2. The van der Waals surface area contributed by atoms with E-state index in [0.717, 1.165) is 5.69 Å². The van der Waals surface area contributed by atoms with E-state index in [-0.39, 0.29) is 11.8 Å². The van der Waals surface area contributed by atoms with Crippen LogP contribution in [0, 0.1) is 0 Å². The van der Waals surface area contributed by atoms with Crippen LogP contribution in [0.3, 0.4) is 0 Å². The fourth-order valence-corrected chi connectivity index (χ4v) is 3.17. The van der Waals surface area contributed by atoms with Gasteiger partial charge in [-0.15, -0.1) is 11.3 Å². The third-order valence-electron chi connectivity index (χ3n) is 3.96. The molecule has 2 amide bonds. The number of nitrogens with zero attached hydrogens (tertiary/aromatic N) is 3. The number of benzene rings is 2. The van der Waals surface area contributed by atoms with Crippen LogP contribution in [0.15, 0.2) is 78.7 Å². The topological polar surface area (TPSA) is 88.9 Å². The first-order valence-corrected chi connectivity index (χ1v) is 9.28. The summed E-state index contributed by atoms with van der Waals surface area (Å²) >= 11 is 1.37. The Kier molecular flexibility index (Phi) is 4.94. The van der Waals surface area contributed by atoms with Gasteiger partial charge in [-0.25, -0.2) is 9.67 Å². The van der Waals surface area contributed by atoms with Gasteiger partial charge in [-0.1, -0.05) is 6.07 Å². The summed E-state index contributed by atoms with van der Waals surface area (Å²) in [5.41, 5.74) is 2.65. The van der Waals surface area contributed by atoms with Crippen LogP contribution in [-0.4, -0.2) is 26.6 Å². The molecule has 0 aliphatic heterocycles. The molecule has 0 saturated heterocycles. The highest BCUT2D eigenvalue weighted by molar-refractivity contribution is 7.12. The number of thiophene rings is 1. The molecule has 2 aromatic heterocycles. The van der Waals surface area contributed by atoms with E-state index < -0.39 is 0 Å². The summed E-state index contributed by atoms with van der Waals surface area (Å²) in [6.45, 7) is 0. The van der Waals surface area contributed by atoms with Gasteiger partial charge < -0.3 is 10.6 Å². The lowest BCUT2D eigenvalue weighted by molar-refractivity contribution is 0.102. The number of carbonyl (C=O) groups is 2. The van der Waals surface area contributed by atoms with Gasteiger partial charge in [-0.3, -0.25) is 9.59 Å². The SMILES string of the molecule is O=C(Nc1ccc(-n2cncn2)cc1)c1ccc(NC(=O)c2cccs2)cc1. The van der Waals surface area contributed by atoms with Crippen molar-refractivity contribution in [3.8, 4) is 5.69 Å². The molecule has 2 aromatic carbocycles. The van der Waals surface area contributed by atoms with Crippen LogP contribution in [0.4, 0.5) is 11.4 Å². The molecule has 2 heterocycles. The van der Waals surface area contributed by atoms with Crippen LogP contribution in [0.25, 0.3) is 5.69 Å². The number of hydrogen-bond acceptors (Lipinski definition) is 5. The molecule has 0 saturated carbocycles. The van der Waals surface area contributed by atoms with Crippen molar-refractivity contribution in [3.63, 3.8) is 0 Å². The molecule has 0 spiro atoms. The van der Waals surface area contributed by atoms with Crippen LogP contribution in [-0.2, 0) is 0 Å². The van der Waals surface area contributed by atoms with E-state index in [9.17, 15) is 9.59 Å². The summed E-state index contributed by atoms with van der Waals surface area (Å²) in [4.78, 5) is 29.0. The van der Waals surface area contributed by atoms with E-state index in [4.69, 9.17) is 0 Å². The van der Waals surface area contributed by atoms with E-state index in [1.54, 1.807) is 53.5 Å². The number of hydrogen-bond donors (Lipinski definition) is 2. The van der Waals surface area contributed by atoms with E-state index in [1.165, 1.54) is 17.7 Å². The molecular weight excluding hydrogens is 374 g/mol. The van der Waals surface area contributed by atoms with E-state index in [1.807, 2.05) is 23.6 Å². The normalized spacial score (nSPS) is 10.4. The molecule has 28 heavy (non-hydrogen) atoms. The highest BCUT2D eigenvalue weighted by Gasteiger charge is 2.09. The predicted octanol–water partition coefficient (Wildman–Crippen LogP) is 3.83. The zero-order chi connectivity index (χ0) is 19.3. The van der Waals surface area contributed by atoms with Gasteiger partial charge in [0.15, 0.2) is 0 Å². The second-order valence-electron chi connectivity index (χ2n) is 5.85. The lowest BCUT2D eigenvalue weighted by atomic mass is 10.2. The summed E-state index contributed by atoms with van der Waals surface area (Å²) in [7, 11) is 0. The van der Waals surface area contributed by atoms with E-state index in [0.29, 0.717) is 21.8 Å². The zero-order valence-electron chi connectivity index (χ0n) is 14.6. The van der Waals surface area contributed by atoms with Crippen molar-refractivity contribution in [2.45, 2.75) is 0 Å². The number of nitrogens with one attached hydrogen (secondary N) is 2. The Labute approximate surface area is 164 Å². The first kappa shape index (κ1) is 17.6. The third kappa shape index (κ3) is 3.97. The average Bonchev–Trinajstić information content (AvgIpc) is 3.43. The Morgan fingerprint density at radius 1 is 0.857 bits per heavy atom. The molecule has 138 valence electrons. The summed E-state index contributed by atoms with van der Waals surface area (Å²) in [6.07, 6.45) is 3.06. The van der Waals surface area contributed by atoms with Crippen LogP contribution in [0.1, 0.15) is 20.0 Å². The van der Waals surface area contributed by atoms with Crippen LogP contribution in [0.5, 0.6) is 0 Å². The van der Waals surface area contributed by atoms with Crippen molar-refractivity contribution >= 4 is 34.5 Å². The van der Waals surface area contributed by atoms with Crippen LogP contribution in [0.2, 0.25) is 0 Å². The standard InChI is InChI=1S/C20H15N5O2S/c26-19(23-16-7-9-17(10-8-16)25-13-21-12-22-25)14-3-5-15(6-4-14)24-20(27)18-2-1-11-28-18/h1-13H,(H,23,26)(H,24,27). The molecule has 0 atom stereocenters. The summed E-state index contributed by atoms with van der Waals surface area (Å²) in [6, 6.07) is 17.6. The van der Waals surface area contributed by atoms with Gasteiger partial charge in [0.05, 0.1) is 10.6 Å². The molecule has 0 aliphatic rings. The minimum absolute atomic E-state index is 0.167.